The topological polar surface area (TPSA) is 147 Å². The van der Waals surface area contributed by atoms with Gasteiger partial charge in [0.05, 0.1) is 25.2 Å². The number of rotatable bonds is 9. The van der Waals surface area contributed by atoms with Gasteiger partial charge in [0.25, 0.3) is 0 Å². The summed E-state index contributed by atoms with van der Waals surface area (Å²) in [5.74, 6) is -2.90. The maximum Gasteiger partial charge on any atom is 0.317 e. The predicted octanol–water partition coefficient (Wildman–Crippen LogP) is 1.19. The van der Waals surface area contributed by atoms with Gasteiger partial charge in [-0.2, -0.15) is 5.26 Å². The van der Waals surface area contributed by atoms with Gasteiger partial charge in [0.1, 0.15) is 11.9 Å². The van der Waals surface area contributed by atoms with Gasteiger partial charge in [0.15, 0.2) is 0 Å². The van der Waals surface area contributed by atoms with E-state index in [-0.39, 0.29) is 31.5 Å². The number of H-pyrrole nitrogens is 1. The number of hydrogen-bond acceptors (Lipinski definition) is 5. The second-order valence-electron chi connectivity index (χ2n) is 6.23. The molecule has 1 amide bonds. The predicted molar refractivity (Wildman–Crippen MR) is 99.8 cm³/mol. The first-order valence-electron chi connectivity index (χ1n) is 8.41. The summed E-state index contributed by atoms with van der Waals surface area (Å²) in [6, 6.07) is 11.6. The molecule has 0 unspecified atom stereocenters. The van der Waals surface area contributed by atoms with Crippen LogP contribution in [0.15, 0.2) is 30.3 Å². The molecule has 2 rings (SSSR count). The Morgan fingerprint density at radius 2 is 1.69 bits per heavy atom. The molecule has 2 aromatic rings. The molecule has 1 heterocycles. The number of hydrogen-bond donors (Lipinski definition) is 4. The van der Waals surface area contributed by atoms with Crippen LogP contribution in [0, 0.1) is 18.3 Å². The number of carbonyl (C=O) groups is 3. The van der Waals surface area contributed by atoms with Crippen molar-refractivity contribution in [1.29, 1.82) is 5.26 Å². The van der Waals surface area contributed by atoms with E-state index in [1.807, 2.05) is 36.4 Å². The number of aromatic amines is 1. The Labute approximate surface area is 180 Å². The van der Waals surface area contributed by atoms with Crippen LogP contribution < -0.4 is 5.32 Å². The maximum atomic E-state index is 12.3. The van der Waals surface area contributed by atoms with Gasteiger partial charge in [-0.15, -0.1) is 0 Å². The molecule has 0 bridgehead atoms. The molecule has 0 spiro atoms. The van der Waals surface area contributed by atoms with Gasteiger partial charge in [0.2, 0.25) is 5.91 Å². The molecule has 0 saturated carbocycles. The molecule has 0 fully saturated rings. The number of anilines is 1. The fourth-order valence-electron chi connectivity index (χ4n) is 2.79. The van der Waals surface area contributed by atoms with Crippen molar-refractivity contribution in [3.8, 4) is 6.07 Å². The summed E-state index contributed by atoms with van der Waals surface area (Å²) in [5, 5.41) is 29.7. The van der Waals surface area contributed by atoms with Gasteiger partial charge in [-0.05, 0) is 18.1 Å². The third kappa shape index (κ3) is 7.16. The number of nitriles is 1. The van der Waals surface area contributed by atoms with Crippen molar-refractivity contribution in [3.05, 3.63) is 52.7 Å². The van der Waals surface area contributed by atoms with Crippen molar-refractivity contribution in [2.75, 3.05) is 25.0 Å². The Morgan fingerprint density at radius 1 is 1.10 bits per heavy atom. The van der Waals surface area contributed by atoms with Gasteiger partial charge in [-0.1, -0.05) is 30.3 Å². The minimum Gasteiger partial charge on any atom is -0.480 e. The number of carboxylic acids is 2. The fourth-order valence-corrected chi connectivity index (χ4v) is 2.79. The van der Waals surface area contributed by atoms with E-state index in [1.54, 1.807) is 6.92 Å². The largest absolute Gasteiger partial charge is 0.480 e. The Morgan fingerprint density at radius 3 is 2.21 bits per heavy atom. The van der Waals surface area contributed by atoms with Crippen LogP contribution in [0.1, 0.15) is 22.4 Å². The molecule has 1 aromatic heterocycles. The summed E-state index contributed by atoms with van der Waals surface area (Å²) in [6.45, 7) is 0.154. The molecule has 1 aromatic carbocycles. The summed E-state index contributed by atoms with van der Waals surface area (Å²) in [6.07, 6.45) is 0.543. The SMILES string of the molecule is Cc1c(Cc2ccccc2)[nH]c(NC(=O)CN(CC(=O)O)CC(=O)O)c1C#N.[99Tc]. The Bertz CT molecular complexity index is 905. The monoisotopic (exact) mass is 483 g/mol. The first-order valence-corrected chi connectivity index (χ1v) is 8.41. The van der Waals surface area contributed by atoms with Gasteiger partial charge in [-0.3, -0.25) is 19.3 Å². The summed E-state index contributed by atoms with van der Waals surface area (Å²) >= 11 is 0. The van der Waals surface area contributed by atoms with E-state index in [4.69, 9.17) is 10.2 Å². The molecule has 4 N–H and O–H groups in total. The number of aromatic nitrogens is 1. The molecule has 10 heteroatoms. The van der Waals surface area contributed by atoms with Crippen LogP contribution in [0.3, 0.4) is 0 Å². The minimum absolute atomic E-state index is 0. The minimum atomic E-state index is -1.24. The first-order chi connectivity index (χ1) is 13.3. The van der Waals surface area contributed by atoms with Crippen LogP contribution in [0.4, 0.5) is 5.82 Å². The summed E-state index contributed by atoms with van der Waals surface area (Å²) in [4.78, 5) is 37.9. The average molecular weight is 483 g/mol. The molecule has 0 aliphatic rings. The normalized spacial score (nSPS) is 10.1. The van der Waals surface area contributed by atoms with Crippen molar-refractivity contribution in [2.24, 2.45) is 0 Å². The molecular weight excluding hydrogens is 463 g/mol. The number of nitrogens with one attached hydrogen (secondary N) is 2. The van der Waals surface area contributed by atoms with Crippen LogP contribution in [-0.2, 0) is 40.9 Å². The third-order valence-corrected chi connectivity index (χ3v) is 4.04. The number of carbonyl (C=O) groups excluding carboxylic acids is 1. The van der Waals surface area contributed by atoms with E-state index in [1.165, 1.54) is 0 Å². The molecular formula is C19H20N4O5Tc. The van der Waals surface area contributed by atoms with Crippen LogP contribution in [0.25, 0.3) is 0 Å². The molecule has 9 nitrogen and oxygen atoms in total. The third-order valence-electron chi connectivity index (χ3n) is 4.04. The molecule has 29 heavy (non-hydrogen) atoms. The van der Waals surface area contributed by atoms with Crippen molar-refractivity contribution < 1.29 is 44.7 Å². The van der Waals surface area contributed by atoms with Crippen LogP contribution in [0.2, 0.25) is 0 Å². The zero-order chi connectivity index (χ0) is 20.7. The summed E-state index contributed by atoms with van der Waals surface area (Å²) in [5.41, 5.74) is 2.78. The molecule has 153 valence electrons. The summed E-state index contributed by atoms with van der Waals surface area (Å²) in [7, 11) is 0. The van der Waals surface area contributed by atoms with E-state index in [0.717, 1.165) is 16.2 Å². The first kappa shape index (κ1) is 24.0. The van der Waals surface area contributed by atoms with Gasteiger partial charge >= 0.3 is 11.9 Å². The Balaban J connectivity index is 0.00000420. The van der Waals surface area contributed by atoms with E-state index in [9.17, 15) is 19.6 Å². The van der Waals surface area contributed by atoms with E-state index < -0.39 is 37.5 Å². The van der Waals surface area contributed by atoms with Gasteiger partial charge < -0.3 is 20.5 Å². The number of carboxylic acid groups (broad SMARTS) is 2. The number of nitrogens with zero attached hydrogens (tertiary/aromatic N) is 2. The van der Waals surface area contributed by atoms with Crippen molar-refractivity contribution in [2.45, 2.75) is 13.3 Å². The van der Waals surface area contributed by atoms with Crippen LogP contribution in [0.5, 0.6) is 0 Å². The van der Waals surface area contributed by atoms with Crippen LogP contribution >= 0.6 is 0 Å². The van der Waals surface area contributed by atoms with Crippen molar-refractivity contribution >= 4 is 23.7 Å². The molecule has 0 atom stereocenters. The maximum absolute atomic E-state index is 12.3. The standard InChI is InChI=1S/C19H20N4O5.Tc/c1-12-14(8-20)19(21-15(12)7-13-5-3-2-4-6-13)22-16(24)9-23(10-17(25)26)11-18(27)28;/h2-6,21H,7,9-11H2,1H3,(H,22,24)(H,25,26)(H,27,28);/i;1+1. The average Bonchev–Trinajstić information content (AvgIpc) is 2.89. The van der Waals surface area contributed by atoms with E-state index in [2.05, 4.69) is 10.3 Å². The second-order valence-corrected chi connectivity index (χ2v) is 6.23. The smallest absolute Gasteiger partial charge is 0.317 e. The number of aliphatic carboxylic acids is 2. The number of amides is 1. The van der Waals surface area contributed by atoms with Gasteiger partial charge in [-0.25, -0.2) is 0 Å². The molecule has 0 aliphatic heterocycles. The fraction of sp³-hybridized carbons (Fsp3) is 0.263. The quantitative estimate of drug-likeness (QED) is 0.419. The van der Waals surface area contributed by atoms with E-state index >= 15 is 0 Å². The molecule has 0 aliphatic carbocycles. The molecule has 1 radical (unpaired) electrons. The van der Waals surface area contributed by atoms with E-state index in [0.29, 0.717) is 12.0 Å². The van der Waals surface area contributed by atoms with Gasteiger partial charge in [0, 0.05) is 32.2 Å². The zero-order valence-corrected chi connectivity index (χ0v) is 17.5. The second kappa shape index (κ2) is 11.1. The Hall–Kier alpha value is -2.99. The number of benzene rings is 1. The molecule has 0 saturated heterocycles. The summed E-state index contributed by atoms with van der Waals surface area (Å²) < 4.78 is 0. The van der Waals surface area contributed by atoms with Crippen LogP contribution in [-0.4, -0.2) is 57.6 Å². The Kier molecular flexibility index (Phi) is 9.22. The van der Waals surface area contributed by atoms with Crippen molar-refractivity contribution in [3.63, 3.8) is 0 Å². The van der Waals surface area contributed by atoms with Crippen molar-refractivity contribution in [1.82, 2.24) is 9.88 Å². The zero-order valence-electron chi connectivity index (χ0n) is 15.6.